The summed E-state index contributed by atoms with van der Waals surface area (Å²) in [5.41, 5.74) is 10.2. The van der Waals surface area contributed by atoms with E-state index in [4.69, 9.17) is 22.1 Å². The van der Waals surface area contributed by atoms with Crippen LogP contribution in [0.1, 0.15) is 16.1 Å². The van der Waals surface area contributed by atoms with E-state index in [2.05, 4.69) is 20.6 Å². The van der Waals surface area contributed by atoms with Crippen molar-refractivity contribution in [2.75, 3.05) is 24.7 Å². The second-order valence-corrected chi connectivity index (χ2v) is 6.56. The molecule has 1 aliphatic heterocycles. The summed E-state index contributed by atoms with van der Waals surface area (Å²) in [4.78, 5) is 20.0. The largest absolute Gasteiger partial charge is 0.493 e. The van der Waals surface area contributed by atoms with E-state index in [1.54, 1.807) is 25.4 Å². The quantitative estimate of drug-likeness (QED) is 0.553. The van der Waals surface area contributed by atoms with Crippen LogP contribution in [0, 0.1) is 0 Å². The van der Waals surface area contributed by atoms with Crippen LogP contribution < -0.4 is 21.1 Å². The fourth-order valence-electron chi connectivity index (χ4n) is 3.27. The smallest absolute Gasteiger partial charge is 0.255 e. The van der Waals surface area contributed by atoms with E-state index in [0.717, 1.165) is 17.0 Å². The second-order valence-electron chi connectivity index (χ2n) is 6.15. The van der Waals surface area contributed by atoms with E-state index in [9.17, 15) is 4.79 Å². The van der Waals surface area contributed by atoms with Crippen LogP contribution in [0.25, 0.3) is 11.3 Å². The summed E-state index contributed by atoms with van der Waals surface area (Å²) >= 11 is 6.24. The van der Waals surface area contributed by atoms with Gasteiger partial charge in [-0.3, -0.25) is 4.79 Å². The Bertz CT molecular complexity index is 1030. The van der Waals surface area contributed by atoms with Gasteiger partial charge in [-0.1, -0.05) is 17.7 Å². The predicted molar refractivity (Wildman–Crippen MR) is 106 cm³/mol. The number of benzene rings is 1. The van der Waals surface area contributed by atoms with Crippen LogP contribution in [0.15, 0.2) is 36.5 Å². The van der Waals surface area contributed by atoms with Crippen molar-refractivity contribution in [1.82, 2.24) is 15.3 Å². The van der Waals surface area contributed by atoms with Gasteiger partial charge in [-0.25, -0.2) is 4.98 Å². The number of hydrogen-bond acceptors (Lipinski definition) is 5. The number of fused-ring (bicyclic) bond motifs is 1. The standard InChI is InChI=1S/C19H18ClN5O2/c1-27-18-11(20)3-2-4-13(18)25-17-15-12(6-8-23-19(15)26)24-16(17)10-5-7-22-14(21)9-10/h2-5,7,9,24-25H,6,8H2,1H3,(H2,21,22)(H,23,26). The maximum absolute atomic E-state index is 12.6. The van der Waals surface area contributed by atoms with E-state index in [1.807, 2.05) is 18.2 Å². The van der Waals surface area contributed by atoms with Gasteiger partial charge in [-0.05, 0) is 24.3 Å². The minimum atomic E-state index is -0.135. The van der Waals surface area contributed by atoms with Crippen LogP contribution in [-0.4, -0.2) is 29.5 Å². The molecule has 5 N–H and O–H groups in total. The normalized spacial score (nSPS) is 13.0. The Kier molecular flexibility index (Phi) is 4.37. The molecule has 1 aromatic carbocycles. The number of carbonyl (C=O) groups excluding carboxylic acids is 1. The first-order chi connectivity index (χ1) is 13.1. The number of para-hydroxylation sites is 1. The third kappa shape index (κ3) is 3.06. The van der Waals surface area contributed by atoms with Gasteiger partial charge in [-0.2, -0.15) is 0 Å². The summed E-state index contributed by atoms with van der Waals surface area (Å²) in [6.07, 6.45) is 2.34. The number of nitrogen functional groups attached to an aromatic ring is 1. The summed E-state index contributed by atoms with van der Waals surface area (Å²) in [7, 11) is 1.55. The van der Waals surface area contributed by atoms with Crippen molar-refractivity contribution < 1.29 is 9.53 Å². The minimum absolute atomic E-state index is 0.135. The average Bonchev–Trinajstić information content (AvgIpc) is 3.02. The van der Waals surface area contributed by atoms with Crippen LogP contribution in [0.5, 0.6) is 5.75 Å². The highest BCUT2D eigenvalue weighted by molar-refractivity contribution is 6.32. The first-order valence-electron chi connectivity index (χ1n) is 8.43. The van der Waals surface area contributed by atoms with Gasteiger partial charge < -0.3 is 26.1 Å². The molecule has 3 aromatic rings. The van der Waals surface area contributed by atoms with E-state index < -0.39 is 0 Å². The van der Waals surface area contributed by atoms with E-state index in [1.165, 1.54) is 0 Å². The van der Waals surface area contributed by atoms with Gasteiger partial charge in [-0.15, -0.1) is 0 Å². The lowest BCUT2D eigenvalue weighted by Gasteiger charge is -2.17. The Labute approximate surface area is 160 Å². The number of hydrogen-bond donors (Lipinski definition) is 4. The zero-order chi connectivity index (χ0) is 19.0. The summed E-state index contributed by atoms with van der Waals surface area (Å²) in [5, 5.41) is 6.69. The Morgan fingerprint density at radius 1 is 1.33 bits per heavy atom. The first kappa shape index (κ1) is 17.2. The number of nitrogens with zero attached hydrogens (tertiary/aromatic N) is 1. The number of methoxy groups -OCH3 is 1. The minimum Gasteiger partial charge on any atom is -0.493 e. The highest BCUT2D eigenvalue weighted by atomic mass is 35.5. The van der Waals surface area contributed by atoms with Crippen molar-refractivity contribution in [1.29, 1.82) is 0 Å². The van der Waals surface area contributed by atoms with Gasteiger partial charge in [0.25, 0.3) is 5.91 Å². The number of aromatic nitrogens is 2. The Morgan fingerprint density at radius 2 is 2.19 bits per heavy atom. The summed E-state index contributed by atoms with van der Waals surface area (Å²) in [5.74, 6) is 0.769. The number of rotatable bonds is 4. The molecule has 1 amide bonds. The SMILES string of the molecule is COc1c(Cl)cccc1Nc1c(-c2ccnc(N)c2)[nH]c2c1C(=O)NCC2. The highest BCUT2D eigenvalue weighted by Crippen LogP contribution is 2.40. The molecule has 0 aliphatic carbocycles. The molecule has 8 heteroatoms. The zero-order valence-electron chi connectivity index (χ0n) is 14.6. The third-order valence-corrected chi connectivity index (χ3v) is 4.76. The molecule has 4 rings (SSSR count). The number of nitrogens with two attached hydrogens (primary N) is 1. The highest BCUT2D eigenvalue weighted by Gasteiger charge is 2.27. The number of H-pyrrole nitrogens is 1. The van der Waals surface area contributed by atoms with Gasteiger partial charge in [0.05, 0.1) is 34.8 Å². The van der Waals surface area contributed by atoms with E-state index in [-0.39, 0.29) is 5.91 Å². The molecule has 0 bridgehead atoms. The fraction of sp³-hybridized carbons (Fsp3) is 0.158. The molecule has 27 heavy (non-hydrogen) atoms. The number of amides is 1. The van der Waals surface area contributed by atoms with Crippen LogP contribution >= 0.6 is 11.6 Å². The van der Waals surface area contributed by atoms with Gasteiger partial charge >= 0.3 is 0 Å². The van der Waals surface area contributed by atoms with Crippen molar-refractivity contribution in [3.8, 4) is 17.0 Å². The summed E-state index contributed by atoms with van der Waals surface area (Å²) in [6.45, 7) is 0.587. The molecule has 3 heterocycles. The van der Waals surface area contributed by atoms with E-state index >= 15 is 0 Å². The fourth-order valence-corrected chi connectivity index (χ4v) is 3.53. The Hall–Kier alpha value is -3.19. The maximum atomic E-state index is 12.6. The number of anilines is 3. The number of carbonyl (C=O) groups is 1. The number of halogens is 1. The van der Waals surface area contributed by atoms with Crippen molar-refractivity contribution in [3.05, 3.63) is 52.8 Å². The second kappa shape index (κ2) is 6.85. The van der Waals surface area contributed by atoms with Crippen LogP contribution in [0.4, 0.5) is 17.2 Å². The van der Waals surface area contributed by atoms with Crippen molar-refractivity contribution in [2.45, 2.75) is 6.42 Å². The molecule has 0 atom stereocenters. The molecule has 0 spiro atoms. The van der Waals surface area contributed by atoms with Crippen LogP contribution in [0.2, 0.25) is 5.02 Å². The first-order valence-corrected chi connectivity index (χ1v) is 8.80. The number of aromatic amines is 1. The molecule has 0 saturated carbocycles. The van der Waals surface area contributed by atoms with Crippen LogP contribution in [0.3, 0.4) is 0 Å². The third-order valence-electron chi connectivity index (χ3n) is 4.47. The van der Waals surface area contributed by atoms with Gasteiger partial charge in [0.15, 0.2) is 5.75 Å². The lowest BCUT2D eigenvalue weighted by atomic mass is 10.1. The molecular weight excluding hydrogens is 366 g/mol. The molecule has 1 aliphatic rings. The lowest BCUT2D eigenvalue weighted by molar-refractivity contribution is 0.0947. The lowest BCUT2D eigenvalue weighted by Crippen LogP contribution is -2.31. The molecule has 0 unspecified atom stereocenters. The van der Waals surface area contributed by atoms with Crippen molar-refractivity contribution >= 4 is 34.7 Å². The monoisotopic (exact) mass is 383 g/mol. The van der Waals surface area contributed by atoms with Crippen molar-refractivity contribution in [2.24, 2.45) is 0 Å². The zero-order valence-corrected chi connectivity index (χ0v) is 15.4. The van der Waals surface area contributed by atoms with Crippen molar-refractivity contribution in [3.63, 3.8) is 0 Å². The molecule has 138 valence electrons. The maximum Gasteiger partial charge on any atom is 0.255 e. The Morgan fingerprint density at radius 3 is 2.96 bits per heavy atom. The van der Waals surface area contributed by atoms with Gasteiger partial charge in [0.2, 0.25) is 0 Å². The molecule has 2 aromatic heterocycles. The average molecular weight is 384 g/mol. The van der Waals surface area contributed by atoms with Gasteiger partial charge in [0, 0.05) is 30.4 Å². The number of ether oxygens (including phenoxy) is 1. The molecule has 7 nitrogen and oxygen atoms in total. The molecule has 0 fully saturated rings. The van der Waals surface area contributed by atoms with Crippen LogP contribution in [-0.2, 0) is 6.42 Å². The molecular formula is C19H18ClN5O2. The number of nitrogens with one attached hydrogen (secondary N) is 3. The van der Waals surface area contributed by atoms with E-state index in [0.29, 0.717) is 46.5 Å². The summed E-state index contributed by atoms with van der Waals surface area (Å²) in [6, 6.07) is 9.00. The summed E-state index contributed by atoms with van der Waals surface area (Å²) < 4.78 is 5.43. The Balaban J connectivity index is 1.90. The molecule has 0 radical (unpaired) electrons. The number of pyridine rings is 1. The topological polar surface area (TPSA) is 105 Å². The van der Waals surface area contributed by atoms with Gasteiger partial charge in [0.1, 0.15) is 5.82 Å². The molecule has 0 saturated heterocycles. The predicted octanol–water partition coefficient (Wildman–Crippen LogP) is 3.35.